The van der Waals surface area contributed by atoms with Crippen LogP contribution in [0.5, 0.6) is 0 Å². The third-order valence-electron chi connectivity index (χ3n) is 1.16. The summed E-state index contributed by atoms with van der Waals surface area (Å²) in [5.74, 6) is -0.0117. The molecule has 0 aliphatic rings. The van der Waals surface area contributed by atoms with Crippen LogP contribution in [0.25, 0.3) is 0 Å². The van der Waals surface area contributed by atoms with E-state index in [0.29, 0.717) is 25.1 Å². The van der Waals surface area contributed by atoms with Gasteiger partial charge in [0.1, 0.15) is 0 Å². The van der Waals surface area contributed by atoms with Gasteiger partial charge in [-0.3, -0.25) is 4.79 Å². The van der Waals surface area contributed by atoms with Crippen molar-refractivity contribution in [1.82, 2.24) is 5.32 Å². The number of nitrogens with one attached hydrogen (secondary N) is 1. The summed E-state index contributed by atoms with van der Waals surface area (Å²) in [5, 5.41) is 3.02. The zero-order valence-corrected chi connectivity index (χ0v) is 8.60. The van der Waals surface area contributed by atoms with E-state index >= 15 is 0 Å². The average molecular weight is 236 g/mol. The molecule has 0 aliphatic carbocycles. The van der Waals surface area contributed by atoms with E-state index in [4.69, 9.17) is 4.74 Å². The topological polar surface area (TPSA) is 38.3 Å². The van der Waals surface area contributed by atoms with Crippen molar-refractivity contribution in [3.63, 3.8) is 0 Å². The summed E-state index contributed by atoms with van der Waals surface area (Å²) in [6.45, 7) is 5.37. The van der Waals surface area contributed by atoms with Crippen molar-refractivity contribution in [2.45, 2.75) is 6.42 Å². The van der Waals surface area contributed by atoms with E-state index in [-0.39, 0.29) is 5.91 Å². The van der Waals surface area contributed by atoms with Crippen molar-refractivity contribution < 1.29 is 9.53 Å². The van der Waals surface area contributed by atoms with Crippen LogP contribution in [0.4, 0.5) is 0 Å². The number of carbonyl (C=O) groups excluding carboxylic acids is 1. The summed E-state index contributed by atoms with van der Waals surface area (Å²) in [4.78, 5) is 10.7. The molecular weight excluding hydrogens is 222 g/mol. The number of hydrogen-bond donors (Lipinski definition) is 1. The van der Waals surface area contributed by atoms with Gasteiger partial charge in [-0.05, 0) is 6.42 Å². The Morgan fingerprint density at radius 2 is 2.33 bits per heavy atom. The van der Waals surface area contributed by atoms with Crippen LogP contribution < -0.4 is 5.32 Å². The van der Waals surface area contributed by atoms with Crippen molar-refractivity contribution in [2.75, 3.05) is 25.1 Å². The van der Waals surface area contributed by atoms with E-state index < -0.39 is 0 Å². The number of rotatable bonds is 7. The Kier molecular flexibility index (Phi) is 8.49. The average Bonchev–Trinajstić information content (AvgIpc) is 2.10. The first kappa shape index (κ1) is 11.6. The van der Waals surface area contributed by atoms with Gasteiger partial charge in [0.25, 0.3) is 0 Å². The molecule has 4 heteroatoms. The van der Waals surface area contributed by atoms with E-state index in [2.05, 4.69) is 27.8 Å². The molecule has 0 radical (unpaired) electrons. The Bertz CT molecular complexity index is 139. The molecule has 0 atom stereocenters. The highest BCUT2D eigenvalue weighted by Crippen LogP contribution is 1.82. The van der Waals surface area contributed by atoms with Gasteiger partial charge in [0.05, 0.1) is 18.5 Å². The molecule has 1 N–H and O–H groups in total. The predicted molar refractivity (Wildman–Crippen MR) is 52.4 cm³/mol. The van der Waals surface area contributed by atoms with Crippen LogP contribution in [0, 0.1) is 0 Å². The minimum Gasteiger partial charge on any atom is -0.379 e. The summed E-state index contributed by atoms with van der Waals surface area (Å²) in [5.41, 5.74) is 0. The second kappa shape index (κ2) is 8.74. The number of halogens is 1. The Labute approximate surface area is 81.3 Å². The van der Waals surface area contributed by atoms with E-state index in [0.717, 1.165) is 6.42 Å². The van der Waals surface area contributed by atoms with Crippen LogP contribution in [0.2, 0.25) is 0 Å². The standard InChI is InChI=1S/C8H14BrNO2/c1-2-3-5-12-6-4-10-8(11)7-9/h2H,1,3-7H2,(H,10,11). The van der Waals surface area contributed by atoms with E-state index in [1.807, 2.05) is 0 Å². The largest absolute Gasteiger partial charge is 0.379 e. The zero-order valence-electron chi connectivity index (χ0n) is 7.01. The summed E-state index contributed by atoms with van der Waals surface area (Å²) in [6, 6.07) is 0. The highest BCUT2D eigenvalue weighted by Gasteiger charge is 1.94. The van der Waals surface area contributed by atoms with Crippen molar-refractivity contribution in [2.24, 2.45) is 0 Å². The maximum atomic E-state index is 10.7. The number of carbonyl (C=O) groups is 1. The highest BCUT2D eigenvalue weighted by molar-refractivity contribution is 9.09. The van der Waals surface area contributed by atoms with Crippen LogP contribution in [-0.2, 0) is 9.53 Å². The Balaban J connectivity index is 3.00. The molecule has 0 fully saturated rings. The zero-order chi connectivity index (χ0) is 9.23. The quantitative estimate of drug-likeness (QED) is 0.408. The van der Waals surface area contributed by atoms with Gasteiger partial charge in [0.2, 0.25) is 5.91 Å². The molecule has 0 aromatic heterocycles. The lowest BCUT2D eigenvalue weighted by molar-refractivity contribution is -0.118. The summed E-state index contributed by atoms with van der Waals surface area (Å²) in [7, 11) is 0. The second-order valence-corrected chi connectivity index (χ2v) is 2.73. The third kappa shape index (κ3) is 7.75. The monoisotopic (exact) mass is 235 g/mol. The predicted octanol–water partition coefficient (Wildman–Crippen LogP) is 1.09. The lowest BCUT2D eigenvalue weighted by Crippen LogP contribution is -2.27. The fourth-order valence-corrected chi connectivity index (χ4v) is 0.777. The molecular formula is C8H14BrNO2. The Hall–Kier alpha value is -0.350. The first-order valence-corrected chi connectivity index (χ1v) is 4.94. The lowest BCUT2D eigenvalue weighted by atomic mass is 10.4. The van der Waals surface area contributed by atoms with E-state index in [1.54, 1.807) is 6.08 Å². The highest BCUT2D eigenvalue weighted by atomic mass is 79.9. The van der Waals surface area contributed by atoms with Gasteiger partial charge in [-0.1, -0.05) is 22.0 Å². The first-order chi connectivity index (χ1) is 5.81. The van der Waals surface area contributed by atoms with Gasteiger partial charge in [0, 0.05) is 6.54 Å². The normalized spacial score (nSPS) is 9.42. The minimum absolute atomic E-state index is 0.0117. The molecule has 0 heterocycles. The summed E-state index contributed by atoms with van der Waals surface area (Å²) >= 11 is 3.04. The second-order valence-electron chi connectivity index (χ2n) is 2.17. The fourth-order valence-electron chi connectivity index (χ4n) is 0.579. The fraction of sp³-hybridized carbons (Fsp3) is 0.625. The number of ether oxygens (including phenoxy) is 1. The van der Waals surface area contributed by atoms with Crippen molar-refractivity contribution in [3.05, 3.63) is 12.7 Å². The SMILES string of the molecule is C=CCCOCCNC(=O)CBr. The van der Waals surface area contributed by atoms with Gasteiger partial charge < -0.3 is 10.1 Å². The number of alkyl halides is 1. The molecule has 0 spiro atoms. The molecule has 1 amide bonds. The molecule has 0 bridgehead atoms. The molecule has 0 aromatic rings. The molecule has 0 unspecified atom stereocenters. The molecule has 0 aliphatic heterocycles. The summed E-state index contributed by atoms with van der Waals surface area (Å²) in [6.07, 6.45) is 2.66. The van der Waals surface area contributed by atoms with Crippen LogP contribution in [-0.4, -0.2) is 31.0 Å². The van der Waals surface area contributed by atoms with Crippen LogP contribution in [0.1, 0.15) is 6.42 Å². The minimum atomic E-state index is -0.0117. The molecule has 0 rings (SSSR count). The third-order valence-corrected chi connectivity index (χ3v) is 1.67. The summed E-state index contributed by atoms with van der Waals surface area (Å²) < 4.78 is 5.17. The molecule has 70 valence electrons. The van der Waals surface area contributed by atoms with Gasteiger partial charge in [-0.15, -0.1) is 6.58 Å². The van der Waals surface area contributed by atoms with Crippen molar-refractivity contribution in [1.29, 1.82) is 0 Å². The van der Waals surface area contributed by atoms with Crippen LogP contribution >= 0.6 is 15.9 Å². The molecule has 0 saturated heterocycles. The van der Waals surface area contributed by atoms with E-state index in [1.165, 1.54) is 0 Å². The maximum absolute atomic E-state index is 10.7. The maximum Gasteiger partial charge on any atom is 0.230 e. The number of hydrogen-bond acceptors (Lipinski definition) is 2. The van der Waals surface area contributed by atoms with E-state index in [9.17, 15) is 4.79 Å². The van der Waals surface area contributed by atoms with Gasteiger partial charge in [0.15, 0.2) is 0 Å². The smallest absolute Gasteiger partial charge is 0.230 e. The Morgan fingerprint density at radius 1 is 1.58 bits per heavy atom. The van der Waals surface area contributed by atoms with Crippen molar-refractivity contribution >= 4 is 21.8 Å². The lowest BCUT2D eigenvalue weighted by Gasteiger charge is -2.03. The van der Waals surface area contributed by atoms with Gasteiger partial charge in [-0.2, -0.15) is 0 Å². The molecule has 0 aromatic carbocycles. The first-order valence-electron chi connectivity index (χ1n) is 3.82. The van der Waals surface area contributed by atoms with Gasteiger partial charge >= 0.3 is 0 Å². The molecule has 12 heavy (non-hydrogen) atoms. The van der Waals surface area contributed by atoms with Gasteiger partial charge in [-0.25, -0.2) is 0 Å². The van der Waals surface area contributed by atoms with Crippen LogP contribution in [0.15, 0.2) is 12.7 Å². The molecule has 0 saturated carbocycles. The van der Waals surface area contributed by atoms with Crippen molar-refractivity contribution in [3.8, 4) is 0 Å². The number of amides is 1. The molecule has 3 nitrogen and oxygen atoms in total. The Morgan fingerprint density at radius 3 is 2.92 bits per heavy atom. The van der Waals surface area contributed by atoms with Crippen LogP contribution in [0.3, 0.4) is 0 Å².